The third-order valence-electron chi connectivity index (χ3n) is 6.41. The van der Waals surface area contributed by atoms with Crippen LogP contribution in [0.3, 0.4) is 0 Å². The number of aromatic hydroxyl groups is 1. The van der Waals surface area contributed by atoms with E-state index in [-0.39, 0.29) is 18.6 Å². The second-order valence-corrected chi connectivity index (χ2v) is 10.2. The van der Waals surface area contributed by atoms with Gasteiger partial charge in [-0.3, -0.25) is 14.4 Å². The molecule has 0 aliphatic rings. The van der Waals surface area contributed by atoms with E-state index in [4.69, 9.17) is 0 Å². The number of aliphatic hydroxyl groups excluding tert-OH is 1. The van der Waals surface area contributed by atoms with Gasteiger partial charge >= 0.3 is 5.97 Å². The summed E-state index contributed by atoms with van der Waals surface area (Å²) >= 11 is 0. The van der Waals surface area contributed by atoms with E-state index in [1.807, 2.05) is 30.3 Å². The number of carbonyl (C=O) groups excluding carboxylic acids is 3. The van der Waals surface area contributed by atoms with Crippen molar-refractivity contribution in [1.29, 1.82) is 0 Å². The lowest BCUT2D eigenvalue weighted by Crippen LogP contribution is -2.58. The van der Waals surface area contributed by atoms with E-state index in [0.717, 1.165) is 0 Å². The van der Waals surface area contributed by atoms with Crippen molar-refractivity contribution in [3.8, 4) is 5.75 Å². The number of hydrogen-bond acceptors (Lipinski definition) is 8. The van der Waals surface area contributed by atoms with E-state index < -0.39 is 54.3 Å². The molecule has 226 valence electrons. The number of carbonyl (C=O) groups is 4. The molecule has 0 heterocycles. The van der Waals surface area contributed by atoms with Gasteiger partial charge in [-0.25, -0.2) is 4.79 Å². The summed E-state index contributed by atoms with van der Waals surface area (Å²) in [5, 5.41) is 44.5. The molecule has 12 nitrogen and oxygen atoms in total. The Morgan fingerprint density at radius 2 is 1.28 bits per heavy atom. The average molecular weight is 590 g/mol. The lowest BCUT2D eigenvalue weighted by molar-refractivity contribution is -0.143. The molecule has 0 saturated heterocycles. The van der Waals surface area contributed by atoms with Crippen molar-refractivity contribution in [2.45, 2.75) is 44.8 Å². The van der Waals surface area contributed by atoms with Gasteiger partial charge in [0.1, 0.15) is 23.9 Å². The number of benzene rings is 3. The number of rotatable bonds is 14. The van der Waals surface area contributed by atoms with Crippen LogP contribution < -0.4 is 16.0 Å². The van der Waals surface area contributed by atoms with Crippen LogP contribution >= 0.6 is 0 Å². The summed E-state index contributed by atoms with van der Waals surface area (Å²) in [7, 11) is 0. The highest BCUT2D eigenvalue weighted by Gasteiger charge is 2.30. The third-order valence-corrected chi connectivity index (χ3v) is 6.41. The number of carboxylic acid groups (broad SMARTS) is 1. The Labute approximate surface area is 248 Å². The van der Waals surface area contributed by atoms with E-state index in [2.05, 4.69) is 26.2 Å². The van der Waals surface area contributed by atoms with Gasteiger partial charge in [-0.15, -0.1) is 0 Å². The summed E-state index contributed by atoms with van der Waals surface area (Å²) in [6, 6.07) is 18.3. The van der Waals surface area contributed by atoms with Crippen LogP contribution in [-0.4, -0.2) is 63.7 Å². The predicted octanol–water partition coefficient (Wildman–Crippen LogP) is 2.78. The molecule has 3 rings (SSSR count). The molecule has 0 spiro atoms. The maximum atomic E-state index is 13.3. The maximum Gasteiger partial charge on any atom is 0.326 e. The molecule has 0 radical (unpaired) electrons. The van der Waals surface area contributed by atoms with Crippen LogP contribution in [0.1, 0.15) is 25.0 Å². The van der Waals surface area contributed by atoms with Crippen molar-refractivity contribution in [1.82, 2.24) is 16.0 Å². The summed E-state index contributed by atoms with van der Waals surface area (Å²) in [5.74, 6) is -3.79. The predicted molar refractivity (Wildman–Crippen MR) is 158 cm³/mol. The molecule has 0 aliphatic heterocycles. The molecule has 43 heavy (non-hydrogen) atoms. The Kier molecular flexibility index (Phi) is 11.9. The molecular weight excluding hydrogens is 554 g/mol. The molecule has 0 fully saturated rings. The van der Waals surface area contributed by atoms with Gasteiger partial charge < -0.3 is 31.3 Å². The Morgan fingerprint density at radius 3 is 1.84 bits per heavy atom. The number of phenolic OH excluding ortho intramolecular Hbond substituents is 1. The fourth-order valence-corrected chi connectivity index (χ4v) is 4.03. The summed E-state index contributed by atoms with van der Waals surface area (Å²) in [5.41, 5.74) is 2.56. The quantitative estimate of drug-likeness (QED) is 0.156. The maximum absolute atomic E-state index is 13.3. The van der Waals surface area contributed by atoms with Gasteiger partial charge in [0, 0.05) is 6.42 Å². The molecule has 3 atom stereocenters. The summed E-state index contributed by atoms with van der Waals surface area (Å²) in [6.07, 6.45) is -0.0474. The van der Waals surface area contributed by atoms with Crippen LogP contribution in [0, 0.1) is 5.92 Å². The van der Waals surface area contributed by atoms with E-state index in [9.17, 15) is 34.5 Å². The molecule has 3 aromatic carbocycles. The van der Waals surface area contributed by atoms with Gasteiger partial charge in [0.05, 0.1) is 24.4 Å². The van der Waals surface area contributed by atoms with Crippen LogP contribution in [-0.2, 0) is 32.0 Å². The fourth-order valence-electron chi connectivity index (χ4n) is 4.03. The Bertz CT molecular complexity index is 1410. The van der Waals surface area contributed by atoms with Gasteiger partial charge in [0.2, 0.25) is 17.7 Å². The van der Waals surface area contributed by atoms with Gasteiger partial charge in [-0.2, -0.15) is 10.2 Å². The normalized spacial score (nSPS) is 13.2. The van der Waals surface area contributed by atoms with E-state index in [1.54, 1.807) is 50.2 Å². The Balaban J connectivity index is 1.69. The van der Waals surface area contributed by atoms with Crippen LogP contribution in [0.15, 0.2) is 89.1 Å². The zero-order valence-electron chi connectivity index (χ0n) is 23.8. The second kappa shape index (κ2) is 15.8. The minimum absolute atomic E-state index is 0.0141. The molecule has 3 aromatic rings. The molecule has 12 heteroatoms. The first-order valence-electron chi connectivity index (χ1n) is 13.6. The number of carboxylic acids is 1. The Morgan fingerprint density at radius 1 is 0.721 bits per heavy atom. The van der Waals surface area contributed by atoms with Gasteiger partial charge in [0.15, 0.2) is 0 Å². The zero-order valence-corrected chi connectivity index (χ0v) is 23.8. The molecular formula is C31H35N5O7. The minimum Gasteiger partial charge on any atom is -0.508 e. The highest BCUT2D eigenvalue weighted by molar-refractivity contribution is 5.94. The largest absolute Gasteiger partial charge is 0.508 e. The van der Waals surface area contributed by atoms with E-state index >= 15 is 0 Å². The van der Waals surface area contributed by atoms with Crippen LogP contribution in [0.2, 0.25) is 0 Å². The van der Waals surface area contributed by atoms with Crippen LogP contribution in [0.5, 0.6) is 5.75 Å². The molecule has 0 bridgehead atoms. The van der Waals surface area contributed by atoms with Gasteiger partial charge in [-0.05, 0) is 53.4 Å². The topological polar surface area (TPSA) is 190 Å². The molecule has 3 amide bonds. The molecule has 0 unspecified atom stereocenters. The van der Waals surface area contributed by atoms with Crippen molar-refractivity contribution in [3.05, 3.63) is 90.0 Å². The van der Waals surface area contributed by atoms with Crippen molar-refractivity contribution in [2.24, 2.45) is 16.1 Å². The number of nitrogens with zero attached hydrogens (tertiary/aromatic N) is 2. The summed E-state index contributed by atoms with van der Waals surface area (Å²) in [6.45, 7) is 2.42. The highest BCUT2D eigenvalue weighted by Crippen LogP contribution is 2.19. The zero-order chi connectivity index (χ0) is 31.4. The first-order chi connectivity index (χ1) is 20.5. The number of nitrogens with one attached hydrogen (secondary N) is 3. The van der Waals surface area contributed by atoms with Crippen molar-refractivity contribution in [3.63, 3.8) is 0 Å². The lowest BCUT2D eigenvalue weighted by Gasteiger charge is -2.24. The van der Waals surface area contributed by atoms with Crippen molar-refractivity contribution < 1.29 is 34.5 Å². The van der Waals surface area contributed by atoms with E-state index in [0.29, 0.717) is 22.5 Å². The summed E-state index contributed by atoms with van der Waals surface area (Å²) < 4.78 is 0. The van der Waals surface area contributed by atoms with Crippen LogP contribution in [0.4, 0.5) is 11.4 Å². The van der Waals surface area contributed by atoms with Gasteiger partial charge in [0.25, 0.3) is 0 Å². The van der Waals surface area contributed by atoms with Crippen molar-refractivity contribution >= 4 is 35.1 Å². The standard InChI is InChI=1S/C31H35N5O7/c1-19(2)28(31(42)43)34-30(41)26(18-37)33-29(40)25(16-20-10-14-24(38)15-11-20)32-27(39)17-21-8-12-23(13-9-21)36-35-22-6-4-3-5-7-22/h3-15,19,25-26,28,37-38H,16-18H2,1-2H3,(H,32,39)(H,33,40)(H,34,41)(H,42,43)/t25-,26-,28-/m0/s1. The monoisotopic (exact) mass is 589 g/mol. The van der Waals surface area contributed by atoms with Gasteiger partial charge in [-0.1, -0.05) is 56.3 Å². The van der Waals surface area contributed by atoms with E-state index in [1.165, 1.54) is 12.1 Å². The number of aliphatic hydroxyl groups is 1. The number of azo groups is 1. The number of hydrogen-bond donors (Lipinski definition) is 6. The Hall–Kier alpha value is -5.10. The van der Waals surface area contributed by atoms with Crippen molar-refractivity contribution in [2.75, 3.05) is 6.61 Å². The smallest absolute Gasteiger partial charge is 0.326 e. The highest BCUT2D eigenvalue weighted by atomic mass is 16.4. The second-order valence-electron chi connectivity index (χ2n) is 10.2. The fraction of sp³-hybridized carbons (Fsp3) is 0.290. The summed E-state index contributed by atoms with van der Waals surface area (Å²) in [4.78, 5) is 50.4. The number of phenols is 1. The molecule has 0 aliphatic carbocycles. The molecule has 0 aromatic heterocycles. The SMILES string of the molecule is CC(C)[C@H](NC(=O)[C@H](CO)NC(=O)[C@H](Cc1ccc(O)cc1)NC(=O)Cc1ccc(N=Nc2ccccc2)cc1)C(=O)O. The average Bonchev–Trinajstić information content (AvgIpc) is 2.99. The number of amides is 3. The molecule has 0 saturated carbocycles. The third kappa shape index (κ3) is 10.3. The van der Waals surface area contributed by atoms with Crippen LogP contribution in [0.25, 0.3) is 0 Å². The minimum atomic E-state index is -1.45. The molecule has 6 N–H and O–H groups in total. The first kappa shape index (κ1) is 32.4. The first-order valence-corrected chi connectivity index (χ1v) is 13.6. The lowest BCUT2D eigenvalue weighted by atomic mass is 10.0. The number of aliphatic carboxylic acids is 1.